The molecule has 0 bridgehead atoms. The monoisotopic (exact) mass is 260 g/mol. The molecule has 5 heteroatoms. The molecule has 0 aliphatic heterocycles. The van der Waals surface area contributed by atoms with Gasteiger partial charge in [-0.15, -0.1) is 0 Å². The highest BCUT2D eigenvalue weighted by atomic mass is 16.4. The Morgan fingerprint density at radius 2 is 2.16 bits per heavy atom. The molecule has 0 unspecified atom stereocenters. The molecule has 0 fully saturated rings. The number of aliphatic carboxylic acids is 1. The molecule has 0 saturated heterocycles. The molecule has 5 nitrogen and oxygen atoms in total. The van der Waals surface area contributed by atoms with Crippen LogP contribution in [0.5, 0.6) is 0 Å². The summed E-state index contributed by atoms with van der Waals surface area (Å²) in [6, 6.07) is 6.12. The smallest absolute Gasteiger partial charge is 0.322 e. The van der Waals surface area contributed by atoms with Gasteiger partial charge in [0.25, 0.3) is 0 Å². The van der Waals surface area contributed by atoms with Crippen molar-refractivity contribution in [1.29, 1.82) is 0 Å². The van der Waals surface area contributed by atoms with Gasteiger partial charge in [0.05, 0.1) is 0 Å². The van der Waals surface area contributed by atoms with E-state index in [1.54, 1.807) is 0 Å². The van der Waals surface area contributed by atoms with Gasteiger partial charge in [0.15, 0.2) is 0 Å². The predicted octanol–water partition coefficient (Wildman–Crippen LogP) is 1.61. The maximum absolute atomic E-state index is 11.5. The maximum atomic E-state index is 11.5. The predicted molar refractivity (Wildman–Crippen MR) is 72.0 cm³/mol. The number of hydrogen-bond acceptors (Lipinski definition) is 2. The summed E-state index contributed by atoms with van der Waals surface area (Å²) in [5, 5.41) is 11.9. The van der Waals surface area contributed by atoms with Crippen LogP contribution in [-0.2, 0) is 16.0 Å². The molecule has 0 radical (unpaired) electrons. The van der Waals surface area contributed by atoms with E-state index in [0.717, 1.165) is 16.5 Å². The topological polar surface area (TPSA) is 82.2 Å². The number of carbonyl (C=O) groups excluding carboxylic acids is 1. The number of fused-ring (bicyclic) bond motifs is 1. The van der Waals surface area contributed by atoms with Gasteiger partial charge in [0, 0.05) is 23.5 Å². The molecular formula is C14H16N2O3. The third-order valence-corrected chi connectivity index (χ3v) is 2.98. The van der Waals surface area contributed by atoms with Gasteiger partial charge >= 0.3 is 5.97 Å². The van der Waals surface area contributed by atoms with Crippen molar-refractivity contribution < 1.29 is 14.7 Å². The second-order valence-corrected chi connectivity index (χ2v) is 4.53. The summed E-state index contributed by atoms with van der Waals surface area (Å²) in [5.41, 5.74) is 3.29. The Labute approximate surface area is 110 Å². The lowest BCUT2D eigenvalue weighted by Gasteiger charge is -2.02. The van der Waals surface area contributed by atoms with Crippen molar-refractivity contribution in [2.75, 3.05) is 6.54 Å². The summed E-state index contributed by atoms with van der Waals surface area (Å²) < 4.78 is 0. The lowest BCUT2D eigenvalue weighted by molar-refractivity contribution is -0.137. The Hall–Kier alpha value is -2.30. The number of H-pyrrole nitrogens is 1. The van der Waals surface area contributed by atoms with E-state index in [9.17, 15) is 9.59 Å². The van der Waals surface area contributed by atoms with E-state index >= 15 is 0 Å². The van der Waals surface area contributed by atoms with Crippen LogP contribution < -0.4 is 5.32 Å². The largest absolute Gasteiger partial charge is 0.480 e. The Bertz CT molecular complexity index is 616. The van der Waals surface area contributed by atoms with Crippen LogP contribution in [0.2, 0.25) is 0 Å². The fraction of sp³-hybridized carbons (Fsp3) is 0.286. The third kappa shape index (κ3) is 3.34. The zero-order chi connectivity index (χ0) is 13.8. The van der Waals surface area contributed by atoms with Gasteiger partial charge in [-0.3, -0.25) is 9.59 Å². The van der Waals surface area contributed by atoms with Crippen LogP contribution >= 0.6 is 0 Å². The average molecular weight is 260 g/mol. The molecule has 2 aromatic rings. The second-order valence-electron chi connectivity index (χ2n) is 4.53. The Morgan fingerprint density at radius 3 is 2.89 bits per heavy atom. The summed E-state index contributed by atoms with van der Waals surface area (Å²) >= 11 is 0. The van der Waals surface area contributed by atoms with Gasteiger partial charge in [0.2, 0.25) is 5.91 Å². The van der Waals surface area contributed by atoms with Crippen LogP contribution in [0.15, 0.2) is 24.4 Å². The molecule has 19 heavy (non-hydrogen) atoms. The van der Waals surface area contributed by atoms with Gasteiger partial charge in [0.1, 0.15) is 6.54 Å². The Morgan fingerprint density at radius 1 is 1.37 bits per heavy atom. The van der Waals surface area contributed by atoms with Crippen molar-refractivity contribution in [3.05, 3.63) is 35.5 Å². The van der Waals surface area contributed by atoms with E-state index in [0.29, 0.717) is 6.42 Å². The number of nitrogens with one attached hydrogen (secondary N) is 2. The first-order valence-corrected chi connectivity index (χ1v) is 6.11. The number of hydrogen-bond donors (Lipinski definition) is 3. The average Bonchev–Trinajstić information content (AvgIpc) is 2.76. The number of benzene rings is 1. The van der Waals surface area contributed by atoms with Crippen molar-refractivity contribution in [2.24, 2.45) is 0 Å². The van der Waals surface area contributed by atoms with E-state index in [-0.39, 0.29) is 18.9 Å². The number of aromatic amines is 1. The number of rotatable bonds is 5. The molecule has 1 aromatic heterocycles. The second kappa shape index (κ2) is 5.56. The van der Waals surface area contributed by atoms with Crippen LogP contribution in [0.4, 0.5) is 0 Å². The Balaban J connectivity index is 2.00. The normalized spacial score (nSPS) is 10.6. The molecule has 2 rings (SSSR count). The zero-order valence-electron chi connectivity index (χ0n) is 10.7. The number of carbonyl (C=O) groups is 2. The lowest BCUT2D eigenvalue weighted by atomic mass is 10.1. The van der Waals surface area contributed by atoms with Crippen LogP contribution in [0, 0.1) is 6.92 Å². The molecule has 0 aliphatic carbocycles. The highest BCUT2D eigenvalue weighted by molar-refractivity contribution is 5.85. The first-order valence-electron chi connectivity index (χ1n) is 6.11. The van der Waals surface area contributed by atoms with E-state index < -0.39 is 5.97 Å². The van der Waals surface area contributed by atoms with Crippen molar-refractivity contribution in [1.82, 2.24) is 10.3 Å². The van der Waals surface area contributed by atoms with Crippen molar-refractivity contribution in [3.8, 4) is 0 Å². The first kappa shape index (κ1) is 13.1. The number of aromatic nitrogens is 1. The minimum Gasteiger partial charge on any atom is -0.480 e. The highest BCUT2D eigenvalue weighted by Gasteiger charge is 2.08. The first-order chi connectivity index (χ1) is 9.06. The van der Waals surface area contributed by atoms with E-state index in [2.05, 4.69) is 16.4 Å². The van der Waals surface area contributed by atoms with Crippen LogP contribution in [0.25, 0.3) is 10.9 Å². The summed E-state index contributed by atoms with van der Waals surface area (Å²) in [5.74, 6) is -1.28. The third-order valence-electron chi connectivity index (χ3n) is 2.98. The van der Waals surface area contributed by atoms with Crippen LogP contribution in [-0.4, -0.2) is 28.5 Å². The summed E-state index contributed by atoms with van der Waals surface area (Å²) in [6.07, 6.45) is 2.78. The lowest BCUT2D eigenvalue weighted by Crippen LogP contribution is -2.29. The van der Waals surface area contributed by atoms with Crippen LogP contribution in [0.3, 0.4) is 0 Å². The summed E-state index contributed by atoms with van der Waals surface area (Å²) in [6.45, 7) is 1.70. The van der Waals surface area contributed by atoms with Crippen LogP contribution in [0.1, 0.15) is 17.5 Å². The molecular weight excluding hydrogens is 244 g/mol. The van der Waals surface area contributed by atoms with Gasteiger partial charge in [-0.05, 0) is 31.0 Å². The number of carboxylic acids is 1. The standard InChI is InChI=1S/C14H16N2O3/c1-9-2-4-12-11(6-9)10(7-15-12)3-5-13(17)16-8-14(18)19/h2,4,6-7,15H,3,5,8H2,1H3,(H,16,17)(H,18,19). The summed E-state index contributed by atoms with van der Waals surface area (Å²) in [7, 11) is 0. The van der Waals surface area contributed by atoms with Gasteiger partial charge in [-0.1, -0.05) is 11.6 Å². The van der Waals surface area contributed by atoms with Gasteiger partial charge in [-0.25, -0.2) is 0 Å². The van der Waals surface area contributed by atoms with E-state index in [4.69, 9.17) is 5.11 Å². The molecule has 0 spiro atoms. The van der Waals surface area contributed by atoms with Gasteiger partial charge < -0.3 is 15.4 Å². The number of amides is 1. The molecule has 100 valence electrons. The zero-order valence-corrected chi connectivity index (χ0v) is 10.7. The molecule has 3 N–H and O–H groups in total. The SMILES string of the molecule is Cc1ccc2[nH]cc(CCC(=O)NCC(=O)O)c2c1. The highest BCUT2D eigenvalue weighted by Crippen LogP contribution is 2.20. The minimum absolute atomic E-state index is 0.246. The summed E-state index contributed by atoms with van der Waals surface area (Å²) in [4.78, 5) is 25.0. The quantitative estimate of drug-likeness (QED) is 0.763. The molecule has 1 aromatic carbocycles. The molecule has 1 heterocycles. The fourth-order valence-electron chi connectivity index (χ4n) is 2.01. The number of aryl methyl sites for hydroxylation is 2. The van der Waals surface area contributed by atoms with Crippen molar-refractivity contribution in [3.63, 3.8) is 0 Å². The molecule has 0 saturated carbocycles. The van der Waals surface area contributed by atoms with Crippen molar-refractivity contribution >= 4 is 22.8 Å². The van der Waals surface area contributed by atoms with E-state index in [1.165, 1.54) is 5.56 Å². The van der Waals surface area contributed by atoms with Gasteiger partial charge in [-0.2, -0.15) is 0 Å². The maximum Gasteiger partial charge on any atom is 0.322 e. The van der Waals surface area contributed by atoms with Crippen molar-refractivity contribution in [2.45, 2.75) is 19.8 Å². The number of carboxylic acid groups (broad SMARTS) is 1. The Kier molecular flexibility index (Phi) is 3.85. The molecule has 1 amide bonds. The molecule has 0 aliphatic rings. The van der Waals surface area contributed by atoms with E-state index in [1.807, 2.05) is 25.3 Å². The minimum atomic E-state index is -1.03. The molecule has 0 atom stereocenters. The fourth-order valence-corrected chi connectivity index (χ4v) is 2.01.